The van der Waals surface area contributed by atoms with E-state index in [0.29, 0.717) is 23.8 Å². The molecule has 6 nitrogen and oxygen atoms in total. The number of ether oxygens (including phenoxy) is 1. The molecular formula is C15H22ClN3O3. The number of primary amides is 1. The molecule has 0 saturated heterocycles. The van der Waals surface area contributed by atoms with Gasteiger partial charge in [-0.2, -0.15) is 0 Å². The Morgan fingerprint density at radius 2 is 1.91 bits per heavy atom. The molecule has 0 heterocycles. The fourth-order valence-electron chi connectivity index (χ4n) is 1.99. The van der Waals surface area contributed by atoms with Crippen LogP contribution >= 0.6 is 12.4 Å². The molecule has 1 saturated carbocycles. The lowest BCUT2D eigenvalue weighted by Crippen LogP contribution is -2.38. The average Bonchev–Trinajstić information content (AvgIpc) is 3.30. The molecule has 0 aromatic heterocycles. The van der Waals surface area contributed by atoms with Crippen molar-refractivity contribution in [3.05, 3.63) is 29.8 Å². The number of nitrogens with one attached hydrogen (secondary N) is 1. The second-order valence-corrected chi connectivity index (χ2v) is 5.29. The number of amides is 2. The van der Waals surface area contributed by atoms with Crippen LogP contribution in [0.15, 0.2) is 24.3 Å². The minimum absolute atomic E-state index is 0. The van der Waals surface area contributed by atoms with Gasteiger partial charge in [0.15, 0.2) is 0 Å². The van der Waals surface area contributed by atoms with E-state index in [9.17, 15) is 9.59 Å². The van der Waals surface area contributed by atoms with Crippen LogP contribution in [0, 0.1) is 5.92 Å². The molecule has 5 N–H and O–H groups in total. The summed E-state index contributed by atoms with van der Waals surface area (Å²) in [5.74, 6) is 0.626. The highest BCUT2D eigenvalue weighted by Gasteiger charge is 2.28. The molecule has 1 aromatic carbocycles. The van der Waals surface area contributed by atoms with Crippen LogP contribution in [0.2, 0.25) is 0 Å². The summed E-state index contributed by atoms with van der Waals surface area (Å²) in [6.07, 6.45) is 2.61. The van der Waals surface area contributed by atoms with Gasteiger partial charge in [0.1, 0.15) is 5.75 Å². The Labute approximate surface area is 136 Å². The quantitative estimate of drug-likeness (QED) is 0.657. The van der Waals surface area contributed by atoms with Crippen LogP contribution in [0.1, 0.15) is 29.6 Å². The first-order valence-corrected chi connectivity index (χ1v) is 7.11. The SMILES string of the molecule is Cl.NC(=O)c1ccc(OCCC(=O)NCC(N)C2CC2)cc1. The molecule has 1 aliphatic carbocycles. The monoisotopic (exact) mass is 327 g/mol. The van der Waals surface area contributed by atoms with Crippen molar-refractivity contribution < 1.29 is 14.3 Å². The van der Waals surface area contributed by atoms with E-state index in [0.717, 1.165) is 0 Å². The van der Waals surface area contributed by atoms with E-state index in [2.05, 4.69) is 5.32 Å². The number of rotatable bonds is 8. The Morgan fingerprint density at radius 1 is 1.27 bits per heavy atom. The van der Waals surface area contributed by atoms with Gasteiger partial charge in [0.25, 0.3) is 0 Å². The first-order chi connectivity index (χ1) is 10.1. The number of carbonyl (C=O) groups excluding carboxylic acids is 2. The molecule has 0 radical (unpaired) electrons. The highest BCUT2D eigenvalue weighted by Crippen LogP contribution is 2.31. The van der Waals surface area contributed by atoms with Crippen molar-refractivity contribution in [3.63, 3.8) is 0 Å². The van der Waals surface area contributed by atoms with Gasteiger partial charge in [-0.1, -0.05) is 0 Å². The van der Waals surface area contributed by atoms with Crippen molar-refractivity contribution in [1.82, 2.24) is 5.32 Å². The van der Waals surface area contributed by atoms with Gasteiger partial charge in [0.05, 0.1) is 13.0 Å². The third-order valence-corrected chi connectivity index (χ3v) is 3.50. The second-order valence-electron chi connectivity index (χ2n) is 5.29. The van der Waals surface area contributed by atoms with Gasteiger partial charge in [0, 0.05) is 18.2 Å². The summed E-state index contributed by atoms with van der Waals surface area (Å²) in [7, 11) is 0. The topological polar surface area (TPSA) is 107 Å². The summed E-state index contributed by atoms with van der Waals surface area (Å²) in [6.45, 7) is 0.803. The lowest BCUT2D eigenvalue weighted by molar-refractivity contribution is -0.121. The fourth-order valence-corrected chi connectivity index (χ4v) is 1.99. The number of hydrogen-bond donors (Lipinski definition) is 3. The summed E-state index contributed by atoms with van der Waals surface area (Å²) in [4.78, 5) is 22.5. The van der Waals surface area contributed by atoms with Crippen LogP contribution in [-0.2, 0) is 4.79 Å². The molecule has 22 heavy (non-hydrogen) atoms. The predicted molar refractivity (Wildman–Crippen MR) is 86.0 cm³/mol. The smallest absolute Gasteiger partial charge is 0.248 e. The van der Waals surface area contributed by atoms with Gasteiger partial charge in [-0.05, 0) is 43.0 Å². The van der Waals surface area contributed by atoms with Crippen LogP contribution in [0.4, 0.5) is 0 Å². The van der Waals surface area contributed by atoms with E-state index in [1.165, 1.54) is 12.8 Å². The van der Waals surface area contributed by atoms with Crippen molar-refractivity contribution in [2.24, 2.45) is 17.4 Å². The first kappa shape index (κ1) is 18.3. The largest absolute Gasteiger partial charge is 0.493 e. The van der Waals surface area contributed by atoms with Gasteiger partial charge in [0.2, 0.25) is 11.8 Å². The molecule has 0 bridgehead atoms. The summed E-state index contributed by atoms with van der Waals surface area (Å²) in [5, 5.41) is 2.81. The molecule has 1 unspecified atom stereocenters. The Bertz CT molecular complexity index is 503. The third kappa shape index (κ3) is 5.91. The number of hydrogen-bond acceptors (Lipinski definition) is 4. The average molecular weight is 328 g/mol. The predicted octanol–water partition coefficient (Wildman–Crippen LogP) is 0.830. The molecule has 2 rings (SSSR count). The van der Waals surface area contributed by atoms with E-state index in [1.54, 1.807) is 24.3 Å². The van der Waals surface area contributed by atoms with E-state index >= 15 is 0 Å². The minimum Gasteiger partial charge on any atom is -0.493 e. The highest BCUT2D eigenvalue weighted by atomic mass is 35.5. The van der Waals surface area contributed by atoms with Gasteiger partial charge in [-0.25, -0.2) is 0 Å². The van der Waals surface area contributed by atoms with Gasteiger partial charge in [-0.15, -0.1) is 12.4 Å². The zero-order valence-electron chi connectivity index (χ0n) is 12.3. The molecular weight excluding hydrogens is 306 g/mol. The van der Waals surface area contributed by atoms with E-state index in [-0.39, 0.29) is 37.4 Å². The second kappa shape index (κ2) is 8.60. The fraction of sp³-hybridized carbons (Fsp3) is 0.467. The van der Waals surface area contributed by atoms with Crippen molar-refractivity contribution in [3.8, 4) is 5.75 Å². The Kier molecular flexibility index (Phi) is 7.14. The van der Waals surface area contributed by atoms with Crippen LogP contribution in [0.25, 0.3) is 0 Å². The molecule has 7 heteroatoms. The number of carbonyl (C=O) groups is 2. The summed E-state index contributed by atoms with van der Waals surface area (Å²) in [6, 6.07) is 6.55. The first-order valence-electron chi connectivity index (χ1n) is 7.11. The van der Waals surface area contributed by atoms with Crippen LogP contribution < -0.4 is 21.5 Å². The zero-order chi connectivity index (χ0) is 15.2. The van der Waals surface area contributed by atoms with Crippen LogP contribution in [-0.4, -0.2) is 31.0 Å². The van der Waals surface area contributed by atoms with E-state index in [4.69, 9.17) is 16.2 Å². The molecule has 1 atom stereocenters. The van der Waals surface area contributed by atoms with Crippen molar-refractivity contribution in [2.75, 3.05) is 13.2 Å². The van der Waals surface area contributed by atoms with Gasteiger partial charge < -0.3 is 21.5 Å². The van der Waals surface area contributed by atoms with E-state index < -0.39 is 5.91 Å². The maximum Gasteiger partial charge on any atom is 0.248 e. The molecule has 122 valence electrons. The Morgan fingerprint density at radius 3 is 2.45 bits per heavy atom. The van der Waals surface area contributed by atoms with E-state index in [1.807, 2.05) is 0 Å². The maximum absolute atomic E-state index is 11.6. The summed E-state index contributed by atoms with van der Waals surface area (Å²) < 4.78 is 5.43. The van der Waals surface area contributed by atoms with Crippen LogP contribution in [0.5, 0.6) is 5.75 Å². The standard InChI is InChI=1S/C15H21N3O3.ClH/c16-13(10-1-2-10)9-18-14(19)7-8-21-12-5-3-11(4-6-12)15(17)20;/h3-6,10,13H,1-2,7-9,16H2,(H2,17,20)(H,18,19);1H. The maximum atomic E-state index is 11.6. The summed E-state index contributed by atoms with van der Waals surface area (Å²) >= 11 is 0. The van der Waals surface area contributed by atoms with Crippen molar-refractivity contribution in [2.45, 2.75) is 25.3 Å². The molecule has 0 aliphatic heterocycles. The molecule has 1 aromatic rings. The lowest BCUT2D eigenvalue weighted by atomic mass is 10.2. The highest BCUT2D eigenvalue weighted by molar-refractivity contribution is 5.92. The van der Waals surface area contributed by atoms with Crippen molar-refractivity contribution in [1.29, 1.82) is 0 Å². The molecule has 1 aliphatic rings. The minimum atomic E-state index is -0.479. The Balaban J connectivity index is 0.00000242. The Hall–Kier alpha value is -1.79. The number of halogens is 1. The number of nitrogens with two attached hydrogens (primary N) is 2. The third-order valence-electron chi connectivity index (χ3n) is 3.50. The van der Waals surface area contributed by atoms with Gasteiger partial charge in [-0.3, -0.25) is 9.59 Å². The zero-order valence-corrected chi connectivity index (χ0v) is 13.1. The van der Waals surface area contributed by atoms with Crippen LogP contribution in [0.3, 0.4) is 0 Å². The van der Waals surface area contributed by atoms with Gasteiger partial charge >= 0.3 is 0 Å². The lowest BCUT2D eigenvalue weighted by Gasteiger charge is -2.12. The van der Waals surface area contributed by atoms with Crippen molar-refractivity contribution >= 4 is 24.2 Å². The molecule has 0 spiro atoms. The normalized spacial score (nSPS) is 14.6. The summed E-state index contributed by atoms with van der Waals surface area (Å²) in [5.41, 5.74) is 11.5. The number of benzene rings is 1. The molecule has 1 fully saturated rings. The molecule has 2 amide bonds.